The van der Waals surface area contributed by atoms with Crippen LogP contribution in [-0.4, -0.2) is 35.9 Å². The standard InChI is InChI=1S/C19H17F3N2O4/c1-28-13-10-6-5-9-12(13)15-14(16(25)11-7-3-2-4-8-11)18(27,19(20,21)22)24-17(26)23-15/h2-10,14-15,27H,1H3,(H2,23,24,26)/t14-,15+,18-/m0/s1. The fourth-order valence-electron chi connectivity index (χ4n) is 3.30. The van der Waals surface area contributed by atoms with E-state index < -0.39 is 35.7 Å². The minimum atomic E-state index is -5.31. The third kappa shape index (κ3) is 3.29. The number of ketones is 1. The normalized spacial score (nSPS) is 24.8. The second kappa shape index (κ2) is 7.16. The molecule has 0 bridgehead atoms. The first-order valence-electron chi connectivity index (χ1n) is 8.29. The summed E-state index contributed by atoms with van der Waals surface area (Å²) in [5.74, 6) is -2.90. The number of halogens is 3. The molecular weight excluding hydrogens is 377 g/mol. The van der Waals surface area contributed by atoms with Crippen LogP contribution in [0.4, 0.5) is 18.0 Å². The summed E-state index contributed by atoms with van der Waals surface area (Å²) < 4.78 is 46.6. The molecule has 3 rings (SSSR count). The molecule has 0 aromatic heterocycles. The second-order valence-electron chi connectivity index (χ2n) is 6.29. The average Bonchev–Trinajstić information content (AvgIpc) is 2.66. The smallest absolute Gasteiger partial charge is 0.437 e. The van der Waals surface area contributed by atoms with Crippen molar-refractivity contribution in [2.45, 2.75) is 17.9 Å². The van der Waals surface area contributed by atoms with Crippen molar-refractivity contribution in [2.75, 3.05) is 7.11 Å². The summed E-state index contributed by atoms with van der Waals surface area (Å²) in [4.78, 5) is 25.0. The number of hydrogen-bond donors (Lipinski definition) is 3. The first-order valence-corrected chi connectivity index (χ1v) is 8.29. The molecule has 148 valence electrons. The lowest BCUT2D eigenvalue weighted by Crippen LogP contribution is -2.72. The molecule has 0 radical (unpaired) electrons. The van der Waals surface area contributed by atoms with Crippen molar-refractivity contribution in [3.63, 3.8) is 0 Å². The minimum Gasteiger partial charge on any atom is -0.496 e. The van der Waals surface area contributed by atoms with Crippen molar-refractivity contribution < 1.29 is 32.6 Å². The van der Waals surface area contributed by atoms with Gasteiger partial charge in [0.2, 0.25) is 5.72 Å². The van der Waals surface area contributed by atoms with E-state index in [1.807, 2.05) is 0 Å². The molecule has 3 N–H and O–H groups in total. The molecular formula is C19H17F3N2O4. The molecule has 6 nitrogen and oxygen atoms in total. The number of aliphatic hydroxyl groups is 1. The Hall–Kier alpha value is -3.07. The summed E-state index contributed by atoms with van der Waals surface area (Å²) in [5.41, 5.74) is -3.67. The predicted molar refractivity (Wildman–Crippen MR) is 92.7 cm³/mol. The van der Waals surface area contributed by atoms with Crippen LogP contribution < -0.4 is 15.4 Å². The molecule has 1 heterocycles. The Kier molecular flexibility index (Phi) is 5.03. The molecule has 1 aliphatic heterocycles. The Morgan fingerprint density at radius 2 is 1.71 bits per heavy atom. The number of carbonyl (C=O) groups excluding carboxylic acids is 2. The molecule has 9 heteroatoms. The zero-order chi connectivity index (χ0) is 20.5. The Balaban J connectivity index is 2.20. The molecule has 0 aliphatic carbocycles. The van der Waals surface area contributed by atoms with E-state index in [0.29, 0.717) is 0 Å². The van der Waals surface area contributed by atoms with Crippen LogP contribution in [0.1, 0.15) is 22.0 Å². The van der Waals surface area contributed by atoms with Crippen LogP contribution in [0.25, 0.3) is 0 Å². The van der Waals surface area contributed by atoms with Crippen molar-refractivity contribution in [3.05, 3.63) is 65.7 Å². The van der Waals surface area contributed by atoms with Gasteiger partial charge < -0.3 is 20.5 Å². The van der Waals surface area contributed by atoms with Crippen LogP contribution in [0.3, 0.4) is 0 Å². The number of alkyl halides is 3. The number of amides is 2. The van der Waals surface area contributed by atoms with Gasteiger partial charge in [-0.1, -0.05) is 48.5 Å². The Bertz CT molecular complexity index is 888. The summed E-state index contributed by atoms with van der Waals surface area (Å²) >= 11 is 0. The Labute approximate surface area is 158 Å². The number of Topliss-reactive ketones (excluding diaryl/α,β-unsaturated/α-hetero) is 1. The Morgan fingerprint density at radius 3 is 2.32 bits per heavy atom. The number of carbonyl (C=O) groups is 2. The number of para-hydroxylation sites is 1. The van der Waals surface area contributed by atoms with Crippen LogP contribution in [-0.2, 0) is 0 Å². The van der Waals surface area contributed by atoms with E-state index in [2.05, 4.69) is 5.32 Å². The highest BCUT2D eigenvalue weighted by Crippen LogP contribution is 2.45. The molecule has 0 saturated carbocycles. The highest BCUT2D eigenvalue weighted by Gasteiger charge is 2.66. The molecule has 2 aromatic rings. The van der Waals surface area contributed by atoms with Crippen molar-refractivity contribution in [2.24, 2.45) is 5.92 Å². The van der Waals surface area contributed by atoms with Crippen molar-refractivity contribution >= 4 is 11.8 Å². The number of nitrogens with one attached hydrogen (secondary N) is 2. The van der Waals surface area contributed by atoms with Gasteiger partial charge in [0.15, 0.2) is 5.78 Å². The van der Waals surface area contributed by atoms with Crippen molar-refractivity contribution in [1.29, 1.82) is 0 Å². The van der Waals surface area contributed by atoms with Gasteiger partial charge in [0.1, 0.15) is 11.7 Å². The van der Waals surface area contributed by atoms with E-state index in [4.69, 9.17) is 4.74 Å². The van der Waals surface area contributed by atoms with Crippen LogP contribution in [0.2, 0.25) is 0 Å². The fraction of sp³-hybridized carbons (Fsp3) is 0.263. The lowest BCUT2D eigenvalue weighted by Gasteiger charge is -2.45. The van der Waals surface area contributed by atoms with Gasteiger partial charge in [0.25, 0.3) is 0 Å². The number of urea groups is 1. The quantitative estimate of drug-likeness (QED) is 0.696. The van der Waals surface area contributed by atoms with E-state index in [0.717, 1.165) is 0 Å². The second-order valence-corrected chi connectivity index (χ2v) is 6.29. The van der Waals surface area contributed by atoms with Crippen LogP contribution in [0.15, 0.2) is 54.6 Å². The van der Waals surface area contributed by atoms with Crippen LogP contribution in [0, 0.1) is 5.92 Å². The number of ether oxygens (including phenoxy) is 1. The van der Waals surface area contributed by atoms with E-state index >= 15 is 0 Å². The first kappa shape index (κ1) is 19.7. The van der Waals surface area contributed by atoms with E-state index in [9.17, 15) is 27.9 Å². The third-order valence-corrected chi connectivity index (χ3v) is 4.62. The molecule has 1 fully saturated rings. The molecule has 0 spiro atoms. The molecule has 0 unspecified atom stereocenters. The lowest BCUT2D eigenvalue weighted by molar-refractivity contribution is -0.287. The minimum absolute atomic E-state index is 0.0342. The van der Waals surface area contributed by atoms with Crippen molar-refractivity contribution in [3.8, 4) is 5.75 Å². The number of benzene rings is 2. The summed E-state index contributed by atoms with van der Waals surface area (Å²) in [6, 6.07) is 10.6. The monoisotopic (exact) mass is 394 g/mol. The largest absolute Gasteiger partial charge is 0.496 e. The fourth-order valence-corrected chi connectivity index (χ4v) is 3.30. The SMILES string of the molecule is COc1ccccc1[C@H]1NC(=O)N[C@@](O)(C(F)(F)F)[C@@H]1C(=O)c1ccccc1. The van der Waals surface area contributed by atoms with Gasteiger partial charge in [-0.05, 0) is 6.07 Å². The van der Waals surface area contributed by atoms with E-state index in [-0.39, 0.29) is 16.9 Å². The maximum Gasteiger partial charge on any atom is 0.437 e. The lowest BCUT2D eigenvalue weighted by atomic mass is 9.77. The van der Waals surface area contributed by atoms with Crippen LogP contribution >= 0.6 is 0 Å². The van der Waals surface area contributed by atoms with Gasteiger partial charge in [-0.2, -0.15) is 13.2 Å². The third-order valence-electron chi connectivity index (χ3n) is 4.62. The zero-order valence-corrected chi connectivity index (χ0v) is 14.7. The summed E-state index contributed by atoms with van der Waals surface area (Å²) in [6.45, 7) is 0. The molecule has 2 aromatic carbocycles. The first-order chi connectivity index (χ1) is 13.2. The predicted octanol–water partition coefficient (Wildman–Crippen LogP) is 2.80. The number of hydrogen-bond acceptors (Lipinski definition) is 4. The topological polar surface area (TPSA) is 87.7 Å². The highest BCUT2D eigenvalue weighted by molar-refractivity contribution is 6.00. The Morgan fingerprint density at radius 1 is 1.11 bits per heavy atom. The van der Waals surface area contributed by atoms with E-state index in [1.54, 1.807) is 12.1 Å². The van der Waals surface area contributed by atoms with Gasteiger partial charge in [-0.15, -0.1) is 0 Å². The average molecular weight is 394 g/mol. The van der Waals surface area contributed by atoms with Gasteiger partial charge in [0.05, 0.1) is 13.2 Å². The van der Waals surface area contributed by atoms with Gasteiger partial charge in [-0.3, -0.25) is 4.79 Å². The maximum absolute atomic E-state index is 13.8. The maximum atomic E-state index is 13.8. The zero-order valence-electron chi connectivity index (χ0n) is 14.7. The van der Waals surface area contributed by atoms with Crippen LogP contribution in [0.5, 0.6) is 5.75 Å². The molecule has 1 aliphatic rings. The van der Waals surface area contributed by atoms with Gasteiger partial charge in [0, 0.05) is 11.1 Å². The molecule has 2 amide bonds. The van der Waals surface area contributed by atoms with Crippen molar-refractivity contribution in [1.82, 2.24) is 10.6 Å². The molecule has 1 saturated heterocycles. The highest BCUT2D eigenvalue weighted by atomic mass is 19.4. The number of methoxy groups -OCH3 is 1. The summed E-state index contributed by atoms with van der Waals surface area (Å²) in [5, 5.41) is 14.3. The van der Waals surface area contributed by atoms with Gasteiger partial charge in [-0.25, -0.2) is 4.79 Å². The molecule has 3 atom stereocenters. The summed E-state index contributed by atoms with van der Waals surface area (Å²) in [6.07, 6.45) is -5.31. The van der Waals surface area contributed by atoms with Gasteiger partial charge >= 0.3 is 12.2 Å². The summed E-state index contributed by atoms with van der Waals surface area (Å²) in [7, 11) is 1.31. The van der Waals surface area contributed by atoms with E-state index in [1.165, 1.54) is 54.9 Å². The number of rotatable bonds is 4. The molecule has 28 heavy (non-hydrogen) atoms.